The van der Waals surface area contributed by atoms with Crippen LogP contribution in [-0.2, 0) is 29.1 Å². The fourth-order valence-corrected chi connectivity index (χ4v) is 6.60. The minimum atomic E-state index is -3.09. The monoisotopic (exact) mass is 678 g/mol. The first kappa shape index (κ1) is 32.8. The van der Waals surface area contributed by atoms with Crippen molar-refractivity contribution in [2.75, 3.05) is 19.6 Å². The van der Waals surface area contributed by atoms with Gasteiger partial charge in [0.2, 0.25) is 11.8 Å². The second-order valence-electron chi connectivity index (χ2n) is 12.3. The van der Waals surface area contributed by atoms with Crippen molar-refractivity contribution in [1.82, 2.24) is 20.2 Å². The molecule has 1 saturated heterocycles. The minimum absolute atomic E-state index is 0.162. The maximum absolute atomic E-state index is 13.3. The van der Waals surface area contributed by atoms with Crippen molar-refractivity contribution in [2.45, 2.75) is 65.3 Å². The normalized spacial score (nSPS) is 16.5. The highest BCUT2D eigenvalue weighted by molar-refractivity contribution is 5.84. The molecule has 0 radical (unpaired) electrons. The van der Waals surface area contributed by atoms with Crippen LogP contribution in [0.15, 0.2) is 57.4 Å². The molecule has 7 rings (SSSR count). The van der Waals surface area contributed by atoms with Crippen LogP contribution in [0.5, 0.6) is 5.75 Å². The smallest absolute Gasteiger partial charge is 0.387 e. The maximum Gasteiger partial charge on any atom is 0.387 e. The van der Waals surface area contributed by atoms with Gasteiger partial charge in [0.15, 0.2) is 5.58 Å². The van der Waals surface area contributed by atoms with Gasteiger partial charge in [-0.2, -0.15) is 8.78 Å². The highest BCUT2D eigenvalue weighted by Crippen LogP contribution is 2.39. The van der Waals surface area contributed by atoms with Crippen molar-refractivity contribution in [3.8, 4) is 39.8 Å². The summed E-state index contributed by atoms with van der Waals surface area (Å²) < 4.78 is 75.0. The van der Waals surface area contributed by atoms with E-state index in [0.29, 0.717) is 60.9 Å². The summed E-state index contributed by atoms with van der Waals surface area (Å²) in [7, 11) is 0. The third-order valence-electron chi connectivity index (χ3n) is 9.12. The van der Waals surface area contributed by atoms with Crippen LogP contribution in [0.4, 0.5) is 17.6 Å². The Morgan fingerprint density at radius 2 is 1.67 bits per heavy atom. The molecule has 0 bridgehead atoms. The van der Waals surface area contributed by atoms with Crippen LogP contribution in [0.2, 0.25) is 0 Å². The molecule has 3 aromatic carbocycles. The third-order valence-corrected chi connectivity index (χ3v) is 9.12. The highest BCUT2D eigenvalue weighted by Gasteiger charge is 2.27. The Morgan fingerprint density at radius 1 is 0.980 bits per heavy atom. The molecule has 1 fully saturated rings. The number of oxazole rings is 2. The first-order valence-corrected chi connectivity index (χ1v) is 16.1. The van der Waals surface area contributed by atoms with E-state index in [4.69, 9.17) is 23.3 Å². The van der Waals surface area contributed by atoms with Gasteiger partial charge in [-0.15, -0.1) is 0 Å². The predicted molar refractivity (Wildman–Crippen MR) is 172 cm³/mol. The van der Waals surface area contributed by atoms with E-state index >= 15 is 0 Å². The first-order valence-electron chi connectivity index (χ1n) is 16.1. The van der Waals surface area contributed by atoms with E-state index in [0.717, 1.165) is 34.2 Å². The Bertz CT molecular complexity index is 2000. The zero-order valence-electron chi connectivity index (χ0n) is 26.9. The van der Waals surface area contributed by atoms with Crippen molar-refractivity contribution < 1.29 is 40.7 Å². The fraction of sp³-hybridized carbons (Fsp3) is 0.361. The summed E-state index contributed by atoms with van der Waals surface area (Å²) in [5, 5.41) is 3.06. The Morgan fingerprint density at radius 3 is 2.33 bits per heavy atom. The van der Waals surface area contributed by atoms with Crippen LogP contribution >= 0.6 is 0 Å². The number of nitrogens with zero attached hydrogens (tertiary/aromatic N) is 3. The standard InChI is InChI=1S/C36H34F4N4O5/c1-19-22(23-7-4-9-25(20(23)2)34-43-28-16-44(17-32(37)38)13-11-29(28)47-34)6-3-8-24(19)33-42-27-14-21(18-46-35(45)26-10-5-12-41-26)30(49-36(39)40)15-31(27)48-33/h3-4,6-9,14-15,26,32,36,41H,5,10-13,16-18H2,1-2H3/t26-/m0/s1. The number of carbonyl (C=O) groups excluding carboxylic acids is 1. The highest BCUT2D eigenvalue weighted by atomic mass is 19.3. The lowest BCUT2D eigenvalue weighted by Crippen LogP contribution is -2.34. The number of halogens is 4. The number of hydrogen-bond donors (Lipinski definition) is 1. The van der Waals surface area contributed by atoms with E-state index in [-0.39, 0.29) is 35.9 Å². The van der Waals surface area contributed by atoms with E-state index in [1.807, 2.05) is 50.2 Å². The lowest BCUT2D eigenvalue weighted by atomic mass is 9.91. The molecule has 9 nitrogen and oxygen atoms in total. The van der Waals surface area contributed by atoms with E-state index in [1.54, 1.807) is 4.90 Å². The number of nitrogens with one attached hydrogen (secondary N) is 1. The van der Waals surface area contributed by atoms with Crippen LogP contribution in [0.1, 0.15) is 41.0 Å². The zero-order valence-corrected chi connectivity index (χ0v) is 26.9. The van der Waals surface area contributed by atoms with Gasteiger partial charge in [0.25, 0.3) is 6.43 Å². The molecule has 2 aliphatic rings. The van der Waals surface area contributed by atoms with Gasteiger partial charge in [-0.05, 0) is 73.7 Å². The number of fused-ring (bicyclic) bond motifs is 2. The average Bonchev–Trinajstić information content (AvgIpc) is 3.83. The van der Waals surface area contributed by atoms with Gasteiger partial charge in [0.1, 0.15) is 29.7 Å². The van der Waals surface area contributed by atoms with Crippen LogP contribution in [-0.4, -0.2) is 59.6 Å². The Balaban J connectivity index is 1.18. The van der Waals surface area contributed by atoms with E-state index < -0.39 is 25.0 Å². The summed E-state index contributed by atoms with van der Waals surface area (Å²) in [4.78, 5) is 23.5. The number of alkyl halides is 4. The number of aromatic nitrogens is 2. The molecule has 49 heavy (non-hydrogen) atoms. The summed E-state index contributed by atoms with van der Waals surface area (Å²) in [6, 6.07) is 14.0. The zero-order chi connectivity index (χ0) is 34.2. The molecule has 4 heterocycles. The van der Waals surface area contributed by atoms with Gasteiger partial charge >= 0.3 is 12.6 Å². The third kappa shape index (κ3) is 6.77. The lowest BCUT2D eigenvalue weighted by Gasteiger charge is -2.24. The van der Waals surface area contributed by atoms with E-state index in [1.165, 1.54) is 12.1 Å². The molecule has 2 aromatic heterocycles. The molecule has 5 aromatic rings. The molecular formula is C36H34F4N4O5. The second-order valence-corrected chi connectivity index (χ2v) is 12.3. The summed E-state index contributed by atoms with van der Waals surface area (Å²) in [6.07, 6.45) is -0.391. The van der Waals surface area contributed by atoms with E-state index in [2.05, 4.69) is 10.3 Å². The Kier molecular flexibility index (Phi) is 9.12. The molecular weight excluding hydrogens is 644 g/mol. The van der Waals surface area contributed by atoms with Gasteiger partial charge in [-0.1, -0.05) is 24.3 Å². The average molecular weight is 679 g/mol. The molecule has 1 atom stereocenters. The molecule has 0 aliphatic carbocycles. The number of esters is 1. The SMILES string of the molecule is Cc1c(-c2nc3c(o2)CCN(CC(F)F)C3)cccc1-c1cccc(-c2nc3cc(COC(=O)[C@@H]4CCCN4)c(OC(F)F)cc3o2)c1C. The quantitative estimate of drug-likeness (QED) is 0.119. The van der Waals surface area contributed by atoms with Crippen LogP contribution in [0.3, 0.4) is 0 Å². The van der Waals surface area contributed by atoms with E-state index in [9.17, 15) is 22.4 Å². The molecule has 0 unspecified atom stereocenters. The fourth-order valence-electron chi connectivity index (χ4n) is 6.60. The van der Waals surface area contributed by atoms with Gasteiger partial charge in [0, 0.05) is 42.3 Å². The van der Waals surface area contributed by atoms with Crippen LogP contribution in [0.25, 0.3) is 45.1 Å². The lowest BCUT2D eigenvalue weighted by molar-refractivity contribution is -0.147. The van der Waals surface area contributed by atoms with Crippen molar-refractivity contribution in [1.29, 1.82) is 0 Å². The van der Waals surface area contributed by atoms with Crippen molar-refractivity contribution in [3.05, 3.63) is 76.7 Å². The molecule has 0 amide bonds. The maximum atomic E-state index is 13.3. The van der Waals surface area contributed by atoms with Crippen molar-refractivity contribution in [3.63, 3.8) is 0 Å². The topological polar surface area (TPSA) is 103 Å². The van der Waals surface area contributed by atoms with Gasteiger partial charge in [-0.3, -0.25) is 9.69 Å². The number of benzene rings is 3. The predicted octanol–water partition coefficient (Wildman–Crippen LogP) is 7.45. The summed E-state index contributed by atoms with van der Waals surface area (Å²) in [5.41, 5.74) is 6.66. The molecule has 0 spiro atoms. The summed E-state index contributed by atoms with van der Waals surface area (Å²) in [6.45, 7) is 1.78. The number of hydrogen-bond acceptors (Lipinski definition) is 9. The second kappa shape index (κ2) is 13.6. The van der Waals surface area contributed by atoms with Crippen molar-refractivity contribution >= 4 is 17.1 Å². The Labute approximate surface area is 279 Å². The molecule has 0 saturated carbocycles. The number of rotatable bonds is 10. The van der Waals surface area contributed by atoms with Crippen LogP contribution in [0, 0.1) is 13.8 Å². The largest absolute Gasteiger partial charge is 0.460 e. The van der Waals surface area contributed by atoms with Gasteiger partial charge < -0.3 is 23.6 Å². The number of carbonyl (C=O) groups is 1. The molecule has 2 aliphatic heterocycles. The molecule has 13 heteroatoms. The first-order chi connectivity index (χ1) is 23.6. The summed E-state index contributed by atoms with van der Waals surface area (Å²) >= 11 is 0. The summed E-state index contributed by atoms with van der Waals surface area (Å²) in [5.74, 6) is 0.828. The van der Waals surface area contributed by atoms with Crippen molar-refractivity contribution in [2.24, 2.45) is 0 Å². The Hall–Kier alpha value is -4.75. The number of ether oxygens (including phenoxy) is 2. The molecule has 256 valence electrons. The van der Waals surface area contributed by atoms with Gasteiger partial charge in [0.05, 0.1) is 12.2 Å². The van der Waals surface area contributed by atoms with Gasteiger partial charge in [-0.25, -0.2) is 18.7 Å². The van der Waals surface area contributed by atoms with Crippen LogP contribution < -0.4 is 10.1 Å². The minimum Gasteiger partial charge on any atom is -0.460 e. The molecule has 1 N–H and O–H groups in total.